The van der Waals surface area contributed by atoms with Gasteiger partial charge >= 0.3 is 5.97 Å². The highest BCUT2D eigenvalue weighted by molar-refractivity contribution is 7.86. The van der Waals surface area contributed by atoms with Gasteiger partial charge in [0.05, 0.1) is 33.0 Å². The van der Waals surface area contributed by atoms with Gasteiger partial charge in [-0.2, -0.15) is 0 Å². The Kier molecular flexibility index (Phi) is 8.44. The van der Waals surface area contributed by atoms with E-state index in [4.69, 9.17) is 14.8 Å². The molecule has 0 unspecified atom stereocenters. The zero-order valence-corrected chi connectivity index (χ0v) is 29.6. The second-order valence-corrected chi connectivity index (χ2v) is 15.6. The second kappa shape index (κ2) is 12.0. The maximum Gasteiger partial charge on any atom is 0.303 e. The molecule has 3 aliphatic rings. The topological polar surface area (TPSA) is 128 Å². The number of carboxylic acid groups (broad SMARTS) is 1. The van der Waals surface area contributed by atoms with Crippen molar-refractivity contribution >= 4 is 38.5 Å². The molecule has 3 aromatic rings. The van der Waals surface area contributed by atoms with Gasteiger partial charge in [-0.15, -0.1) is 0 Å². The lowest BCUT2D eigenvalue weighted by Gasteiger charge is -2.41. The molecule has 1 aromatic heterocycles. The monoisotopic (exact) mass is 672 g/mol. The number of carboxylic acids is 1. The minimum Gasteiger partial charge on any atom is -0.748 e. The summed E-state index contributed by atoms with van der Waals surface area (Å²) >= 11 is 0. The Labute approximate surface area is 282 Å². The maximum atomic E-state index is 12.1. The van der Waals surface area contributed by atoms with E-state index in [1.165, 1.54) is 5.57 Å². The normalized spacial score (nSPS) is 17.5. The molecule has 6 rings (SSSR count). The Bertz CT molecular complexity index is 2140. The molecule has 254 valence electrons. The summed E-state index contributed by atoms with van der Waals surface area (Å²) in [6.07, 6.45) is 11.0. The van der Waals surface area contributed by atoms with Crippen molar-refractivity contribution in [3.8, 4) is 11.5 Å². The van der Waals surface area contributed by atoms with Crippen LogP contribution in [0.1, 0.15) is 89.2 Å². The molecule has 10 nitrogen and oxygen atoms in total. The lowest BCUT2D eigenvalue weighted by molar-refractivity contribution is -0.137. The average molecular weight is 673 g/mol. The third kappa shape index (κ3) is 6.09. The predicted molar refractivity (Wildman–Crippen MR) is 187 cm³/mol. The van der Waals surface area contributed by atoms with Crippen LogP contribution in [0.25, 0.3) is 16.7 Å². The third-order valence-corrected chi connectivity index (χ3v) is 10.8. The molecular formula is C37H44N4O6S. The quantitative estimate of drug-likeness (QED) is 0.145. The van der Waals surface area contributed by atoms with Crippen LogP contribution in [0.4, 0.5) is 5.69 Å². The van der Waals surface area contributed by atoms with E-state index in [1.54, 1.807) is 6.20 Å². The van der Waals surface area contributed by atoms with Crippen molar-refractivity contribution in [1.29, 1.82) is 0 Å². The zero-order valence-electron chi connectivity index (χ0n) is 28.8. The molecule has 0 atom stereocenters. The van der Waals surface area contributed by atoms with Crippen molar-refractivity contribution in [3.63, 3.8) is 0 Å². The lowest BCUT2D eigenvalue weighted by atomic mass is 9.84. The number of anilines is 1. The summed E-state index contributed by atoms with van der Waals surface area (Å²) in [4.78, 5) is 18.2. The molecule has 1 N–H and O–H groups in total. The summed E-state index contributed by atoms with van der Waals surface area (Å²) in [6, 6.07) is 8.19. The van der Waals surface area contributed by atoms with E-state index in [0.717, 1.165) is 58.1 Å². The van der Waals surface area contributed by atoms with Crippen LogP contribution in [0.15, 0.2) is 48.8 Å². The number of imidazole rings is 1. The molecule has 0 saturated carbocycles. The predicted octanol–water partition coefficient (Wildman–Crippen LogP) is 4.74. The molecule has 48 heavy (non-hydrogen) atoms. The molecular weight excluding hydrogens is 628 g/mol. The SMILES string of the molecule is CCC1=CC(C)(C)N(C)c2cc3c(cc21)C(c1nccn1CCCCCC(=O)O)=c1cc2c(cc1O3)=[N+](C)C(C)(C)C=C2CS(=O)(=O)[O-]. The number of hydrogen-bond donors (Lipinski definition) is 1. The first kappa shape index (κ1) is 33.7. The van der Waals surface area contributed by atoms with Crippen LogP contribution >= 0.6 is 0 Å². The fraction of sp³-hybridized carbons (Fsp3) is 0.432. The van der Waals surface area contributed by atoms with Crippen LogP contribution in [0.3, 0.4) is 0 Å². The molecule has 0 bridgehead atoms. The van der Waals surface area contributed by atoms with Crippen molar-refractivity contribution in [1.82, 2.24) is 14.1 Å². The molecule has 2 aromatic carbocycles. The van der Waals surface area contributed by atoms with E-state index in [1.807, 2.05) is 45.3 Å². The van der Waals surface area contributed by atoms with Gasteiger partial charge in [0, 0.05) is 79.9 Å². The highest BCUT2D eigenvalue weighted by atomic mass is 32.2. The molecule has 0 amide bonds. The van der Waals surface area contributed by atoms with Crippen LogP contribution in [0.2, 0.25) is 0 Å². The van der Waals surface area contributed by atoms with Crippen LogP contribution in [-0.2, 0) is 21.5 Å². The van der Waals surface area contributed by atoms with Crippen molar-refractivity contribution in [2.24, 2.45) is 0 Å². The molecule has 0 saturated heterocycles. The van der Waals surface area contributed by atoms with Crippen molar-refractivity contribution < 1.29 is 27.6 Å². The van der Waals surface area contributed by atoms with Gasteiger partial charge in [0.15, 0.2) is 5.54 Å². The maximum absolute atomic E-state index is 12.1. The number of likely N-dealkylation sites (N-methyl/N-ethyl adjacent to an activating group) is 2. The van der Waals surface area contributed by atoms with Gasteiger partial charge in [-0.05, 0) is 62.5 Å². The number of benzene rings is 2. The van der Waals surface area contributed by atoms with Crippen molar-refractivity contribution in [2.75, 3.05) is 24.7 Å². The number of ether oxygens (including phenoxy) is 1. The van der Waals surface area contributed by atoms with Gasteiger partial charge in [-0.3, -0.25) is 4.79 Å². The summed E-state index contributed by atoms with van der Waals surface area (Å²) < 4.78 is 47.2. The minimum atomic E-state index is -4.56. The number of nitrogens with zero attached hydrogens (tertiary/aromatic N) is 4. The number of carbonyl (C=O) groups is 1. The molecule has 11 heteroatoms. The number of fused-ring (bicyclic) bond motifs is 4. The Morgan fingerprint density at radius 1 is 1.00 bits per heavy atom. The standard InChI is InChI=1S/C37H44N4O6S/c1-8-23-20-36(2,3)39(6)29-18-31-27(16-25(23)29)34(35-38-13-15-41(35)14-11-9-10-12-33(42)43)28-17-26-24(22-48(44,45)46)21-37(4,5)40(7)30(26)19-32(28)47-31/h13,15-21H,8-12,14,22H2,1-7H3,(H-,42,43,44,45,46). The van der Waals surface area contributed by atoms with Crippen LogP contribution in [-0.4, -0.2) is 64.5 Å². The van der Waals surface area contributed by atoms with Crippen LogP contribution < -0.4 is 24.8 Å². The number of rotatable bonds is 10. The van der Waals surface area contributed by atoms with E-state index < -0.39 is 27.4 Å². The molecule has 4 heterocycles. The smallest absolute Gasteiger partial charge is 0.303 e. The number of unbranched alkanes of at least 4 members (excludes halogenated alkanes) is 2. The van der Waals surface area contributed by atoms with E-state index in [9.17, 15) is 17.8 Å². The first-order chi connectivity index (χ1) is 22.5. The van der Waals surface area contributed by atoms with Gasteiger partial charge in [0.2, 0.25) is 5.36 Å². The summed E-state index contributed by atoms with van der Waals surface area (Å²) in [6.45, 7) is 11.2. The van der Waals surface area contributed by atoms with Crippen LogP contribution in [0.5, 0.6) is 11.5 Å². The summed E-state index contributed by atoms with van der Waals surface area (Å²) in [5.41, 5.74) is 5.54. The summed E-state index contributed by atoms with van der Waals surface area (Å²) in [5.74, 6) is 0.635. The number of aryl methyl sites for hydroxylation is 1. The van der Waals surface area contributed by atoms with Gasteiger partial charge in [-0.25, -0.2) is 18.0 Å². The fourth-order valence-electron chi connectivity index (χ4n) is 7.15. The Hall–Kier alpha value is -4.22. The average Bonchev–Trinajstić information content (AvgIpc) is 3.46. The Morgan fingerprint density at radius 2 is 1.75 bits per heavy atom. The van der Waals surface area contributed by atoms with E-state index in [2.05, 4.69) is 60.1 Å². The third-order valence-electron chi connectivity index (χ3n) is 10.1. The Balaban J connectivity index is 1.62. The number of aliphatic carboxylic acids is 1. The largest absolute Gasteiger partial charge is 0.748 e. The molecule has 3 aliphatic heterocycles. The van der Waals surface area contributed by atoms with Gasteiger partial charge < -0.3 is 23.9 Å². The minimum absolute atomic E-state index is 0.140. The van der Waals surface area contributed by atoms with E-state index in [-0.39, 0.29) is 12.0 Å². The van der Waals surface area contributed by atoms with Gasteiger partial charge in [0.25, 0.3) is 0 Å². The van der Waals surface area contributed by atoms with Gasteiger partial charge in [0.1, 0.15) is 24.4 Å². The first-order valence-corrected chi connectivity index (χ1v) is 18.1. The second-order valence-electron chi connectivity index (χ2n) is 14.2. The van der Waals surface area contributed by atoms with Crippen molar-refractivity contribution in [2.45, 2.75) is 84.3 Å². The van der Waals surface area contributed by atoms with E-state index >= 15 is 0 Å². The number of aromatic nitrogens is 2. The lowest BCUT2D eigenvalue weighted by Crippen LogP contribution is -2.47. The van der Waals surface area contributed by atoms with Gasteiger partial charge in [-0.1, -0.05) is 19.4 Å². The summed E-state index contributed by atoms with van der Waals surface area (Å²) in [7, 11) is -0.513. The van der Waals surface area contributed by atoms with Crippen molar-refractivity contribution in [3.05, 3.63) is 81.9 Å². The first-order valence-electron chi connectivity index (χ1n) is 16.5. The summed E-state index contributed by atoms with van der Waals surface area (Å²) in [5, 5.41) is 10.6. The molecule has 0 fully saturated rings. The highest BCUT2D eigenvalue weighted by Crippen LogP contribution is 2.46. The molecule has 0 aliphatic carbocycles. The number of allylic oxidation sites excluding steroid dienone is 1. The van der Waals surface area contributed by atoms with Crippen LogP contribution in [0, 0.1) is 0 Å². The zero-order chi connectivity index (χ0) is 34.8. The fourth-order valence-corrected chi connectivity index (χ4v) is 7.77. The van der Waals surface area contributed by atoms with E-state index in [0.29, 0.717) is 35.6 Å². The number of hydrogen-bond acceptors (Lipinski definition) is 7. The Morgan fingerprint density at radius 3 is 2.44 bits per heavy atom. The highest BCUT2D eigenvalue weighted by Gasteiger charge is 2.36. The molecule has 0 radical (unpaired) electrons. The molecule has 0 spiro atoms.